The zero-order valence-electron chi connectivity index (χ0n) is 11.0. The molecule has 3 rings (SSSR count). The van der Waals surface area contributed by atoms with Crippen LogP contribution in [0.4, 0.5) is 4.39 Å². The zero-order valence-corrected chi connectivity index (χ0v) is 11.0. The Balaban J connectivity index is 1.64. The number of nitrogens with zero attached hydrogens (tertiary/aromatic N) is 1. The van der Waals surface area contributed by atoms with Crippen molar-refractivity contribution in [2.45, 2.75) is 6.54 Å². The summed E-state index contributed by atoms with van der Waals surface area (Å²) < 4.78 is 18.0. The van der Waals surface area contributed by atoms with E-state index >= 15 is 0 Å². The van der Waals surface area contributed by atoms with Gasteiger partial charge in [0.25, 0.3) is 5.91 Å². The lowest BCUT2D eigenvalue weighted by molar-refractivity contribution is 0.0946. The number of H-pyrrole nitrogens is 1. The summed E-state index contributed by atoms with van der Waals surface area (Å²) in [4.78, 5) is 12.0. The van der Waals surface area contributed by atoms with Crippen LogP contribution in [0.3, 0.4) is 0 Å². The van der Waals surface area contributed by atoms with Gasteiger partial charge in [-0.05, 0) is 29.8 Å². The molecule has 0 spiro atoms. The normalized spacial score (nSPS) is 10.5. The van der Waals surface area contributed by atoms with Crippen LogP contribution in [0.5, 0.6) is 0 Å². The molecule has 106 valence electrons. The SMILES string of the molecule is O=C(NCc1ccc(F)cc1)c1cc(-c2ccco2)[nH]n1. The molecule has 1 amide bonds. The zero-order chi connectivity index (χ0) is 14.7. The number of furan rings is 1. The van der Waals surface area contributed by atoms with Crippen molar-refractivity contribution < 1.29 is 13.6 Å². The lowest BCUT2D eigenvalue weighted by Gasteiger charge is -2.02. The fourth-order valence-corrected chi connectivity index (χ4v) is 1.87. The Morgan fingerprint density at radius 3 is 2.81 bits per heavy atom. The minimum Gasteiger partial charge on any atom is -0.463 e. The van der Waals surface area contributed by atoms with Gasteiger partial charge < -0.3 is 9.73 Å². The van der Waals surface area contributed by atoms with E-state index in [0.29, 0.717) is 18.0 Å². The molecule has 2 heterocycles. The van der Waals surface area contributed by atoms with E-state index in [1.54, 1.807) is 36.6 Å². The molecule has 0 bridgehead atoms. The molecule has 3 aromatic rings. The molecule has 0 fully saturated rings. The van der Waals surface area contributed by atoms with Gasteiger partial charge in [-0.25, -0.2) is 4.39 Å². The number of amides is 1. The third-order valence-electron chi connectivity index (χ3n) is 2.96. The molecular weight excluding hydrogens is 273 g/mol. The maximum Gasteiger partial charge on any atom is 0.272 e. The second kappa shape index (κ2) is 5.62. The van der Waals surface area contributed by atoms with Crippen molar-refractivity contribution in [1.82, 2.24) is 15.5 Å². The number of rotatable bonds is 4. The lowest BCUT2D eigenvalue weighted by atomic mass is 10.2. The fourth-order valence-electron chi connectivity index (χ4n) is 1.87. The molecule has 6 heteroatoms. The Morgan fingerprint density at radius 1 is 1.29 bits per heavy atom. The summed E-state index contributed by atoms with van der Waals surface area (Å²) >= 11 is 0. The average molecular weight is 285 g/mol. The summed E-state index contributed by atoms with van der Waals surface area (Å²) in [7, 11) is 0. The standard InChI is InChI=1S/C15H12FN3O2/c16-11-5-3-10(4-6-11)9-17-15(20)13-8-12(18-19-13)14-2-1-7-21-14/h1-8H,9H2,(H,17,20)(H,18,19). The molecule has 0 atom stereocenters. The van der Waals surface area contributed by atoms with Crippen molar-refractivity contribution in [3.63, 3.8) is 0 Å². The van der Waals surface area contributed by atoms with E-state index in [4.69, 9.17) is 4.42 Å². The van der Waals surface area contributed by atoms with E-state index in [1.807, 2.05) is 0 Å². The van der Waals surface area contributed by atoms with E-state index in [2.05, 4.69) is 15.5 Å². The molecule has 2 aromatic heterocycles. The summed E-state index contributed by atoms with van der Waals surface area (Å²) in [5, 5.41) is 9.40. The molecule has 0 aliphatic heterocycles. The summed E-state index contributed by atoms with van der Waals surface area (Å²) in [6.45, 7) is 0.308. The Bertz CT molecular complexity index is 733. The van der Waals surface area contributed by atoms with Gasteiger partial charge in [0.15, 0.2) is 11.5 Å². The van der Waals surface area contributed by atoms with Crippen LogP contribution in [-0.2, 0) is 6.54 Å². The van der Waals surface area contributed by atoms with Crippen LogP contribution in [0.1, 0.15) is 16.1 Å². The highest BCUT2D eigenvalue weighted by atomic mass is 19.1. The number of carbonyl (C=O) groups is 1. The van der Waals surface area contributed by atoms with E-state index in [0.717, 1.165) is 5.56 Å². The molecular formula is C15H12FN3O2. The largest absolute Gasteiger partial charge is 0.463 e. The molecule has 0 saturated carbocycles. The van der Waals surface area contributed by atoms with Gasteiger partial charge in [-0.3, -0.25) is 9.89 Å². The van der Waals surface area contributed by atoms with Gasteiger partial charge in [0.2, 0.25) is 0 Å². The van der Waals surface area contributed by atoms with E-state index in [-0.39, 0.29) is 17.4 Å². The minimum absolute atomic E-state index is 0.267. The quantitative estimate of drug-likeness (QED) is 0.774. The van der Waals surface area contributed by atoms with Gasteiger partial charge in [0.05, 0.1) is 6.26 Å². The highest BCUT2D eigenvalue weighted by Crippen LogP contribution is 2.17. The molecule has 0 aliphatic carbocycles. The van der Waals surface area contributed by atoms with Gasteiger partial charge >= 0.3 is 0 Å². The predicted molar refractivity (Wildman–Crippen MR) is 73.9 cm³/mol. The van der Waals surface area contributed by atoms with Crippen molar-refractivity contribution in [2.75, 3.05) is 0 Å². The first-order chi connectivity index (χ1) is 10.2. The van der Waals surface area contributed by atoms with Gasteiger partial charge in [0.1, 0.15) is 11.5 Å². The molecule has 0 saturated heterocycles. The summed E-state index contributed by atoms with van der Waals surface area (Å²) in [6, 6.07) is 11.1. The number of halogens is 1. The van der Waals surface area contributed by atoms with E-state index in [9.17, 15) is 9.18 Å². The van der Waals surface area contributed by atoms with Crippen LogP contribution >= 0.6 is 0 Å². The highest BCUT2D eigenvalue weighted by Gasteiger charge is 2.12. The maximum absolute atomic E-state index is 12.8. The number of carbonyl (C=O) groups excluding carboxylic acids is 1. The molecule has 2 N–H and O–H groups in total. The van der Waals surface area contributed by atoms with Crippen molar-refractivity contribution >= 4 is 5.91 Å². The third-order valence-corrected chi connectivity index (χ3v) is 2.96. The van der Waals surface area contributed by atoms with Crippen LogP contribution in [0.15, 0.2) is 53.1 Å². The predicted octanol–water partition coefficient (Wildman–Crippen LogP) is 2.74. The van der Waals surface area contributed by atoms with Crippen molar-refractivity contribution in [1.29, 1.82) is 0 Å². The molecule has 0 aliphatic rings. The van der Waals surface area contributed by atoms with Crippen LogP contribution in [0.25, 0.3) is 11.5 Å². The monoisotopic (exact) mass is 285 g/mol. The minimum atomic E-state index is -0.312. The molecule has 21 heavy (non-hydrogen) atoms. The van der Waals surface area contributed by atoms with Gasteiger partial charge in [-0.1, -0.05) is 12.1 Å². The van der Waals surface area contributed by atoms with Crippen molar-refractivity contribution in [2.24, 2.45) is 0 Å². The Labute approximate surface area is 119 Å². The van der Waals surface area contributed by atoms with Crippen molar-refractivity contribution in [3.8, 4) is 11.5 Å². The van der Waals surface area contributed by atoms with Crippen LogP contribution in [0.2, 0.25) is 0 Å². The number of hydrogen-bond acceptors (Lipinski definition) is 3. The number of nitrogens with one attached hydrogen (secondary N) is 2. The molecule has 5 nitrogen and oxygen atoms in total. The van der Waals surface area contributed by atoms with Crippen molar-refractivity contribution in [3.05, 3.63) is 65.8 Å². The number of aromatic nitrogens is 2. The molecule has 0 unspecified atom stereocenters. The fraction of sp³-hybridized carbons (Fsp3) is 0.0667. The van der Waals surface area contributed by atoms with Gasteiger partial charge in [-0.2, -0.15) is 5.10 Å². The number of hydrogen-bond donors (Lipinski definition) is 2. The smallest absolute Gasteiger partial charge is 0.272 e. The number of aromatic amines is 1. The van der Waals surface area contributed by atoms with Gasteiger partial charge in [-0.15, -0.1) is 0 Å². The average Bonchev–Trinajstić information content (AvgIpc) is 3.17. The van der Waals surface area contributed by atoms with Crippen LogP contribution < -0.4 is 5.32 Å². The topological polar surface area (TPSA) is 70.9 Å². The Morgan fingerprint density at radius 2 is 2.10 bits per heavy atom. The Kier molecular flexibility index (Phi) is 3.51. The Hall–Kier alpha value is -2.89. The maximum atomic E-state index is 12.8. The number of benzene rings is 1. The second-order valence-corrected chi connectivity index (χ2v) is 4.45. The first kappa shape index (κ1) is 13.1. The second-order valence-electron chi connectivity index (χ2n) is 4.45. The first-order valence-electron chi connectivity index (χ1n) is 6.34. The summed E-state index contributed by atoms with van der Waals surface area (Å²) in [5.41, 5.74) is 1.71. The highest BCUT2D eigenvalue weighted by molar-refractivity contribution is 5.93. The van der Waals surface area contributed by atoms with Crippen LogP contribution in [-0.4, -0.2) is 16.1 Å². The first-order valence-corrected chi connectivity index (χ1v) is 6.34. The molecule has 0 radical (unpaired) electrons. The molecule has 1 aromatic carbocycles. The lowest BCUT2D eigenvalue weighted by Crippen LogP contribution is -2.23. The summed E-state index contributed by atoms with van der Waals surface area (Å²) in [6.07, 6.45) is 1.55. The summed E-state index contributed by atoms with van der Waals surface area (Å²) in [5.74, 6) is -0.00562. The third kappa shape index (κ3) is 3.00. The van der Waals surface area contributed by atoms with Crippen LogP contribution in [0, 0.1) is 5.82 Å². The van der Waals surface area contributed by atoms with E-state index in [1.165, 1.54) is 12.1 Å². The van der Waals surface area contributed by atoms with E-state index < -0.39 is 0 Å². The van der Waals surface area contributed by atoms with Gasteiger partial charge in [0, 0.05) is 12.6 Å².